The van der Waals surface area contributed by atoms with E-state index in [2.05, 4.69) is 6.92 Å². The maximum atomic E-state index is 13.1. The molecule has 0 amide bonds. The zero-order chi connectivity index (χ0) is 19.7. The quantitative estimate of drug-likeness (QED) is 0.210. The van der Waals surface area contributed by atoms with Gasteiger partial charge in [0.1, 0.15) is 0 Å². The second-order valence-electron chi connectivity index (χ2n) is 7.47. The van der Waals surface area contributed by atoms with Crippen molar-refractivity contribution in [2.24, 2.45) is 0 Å². The molecule has 3 heteroatoms. The topological polar surface area (TPSA) is 17.1 Å². The normalized spacial score (nSPS) is 11.4. The molecule has 1 nitrogen and oxygen atoms in total. The number of ketones is 1. The lowest BCUT2D eigenvalue weighted by molar-refractivity contribution is -0.114. The molecule has 0 spiro atoms. The van der Waals surface area contributed by atoms with Gasteiger partial charge in [0.05, 0.1) is 0 Å². The van der Waals surface area contributed by atoms with Gasteiger partial charge in [-0.15, -0.1) is 0 Å². The van der Waals surface area contributed by atoms with Crippen molar-refractivity contribution in [2.45, 2.75) is 96.8 Å². The Bertz CT molecular complexity index is 551. The zero-order valence-electron chi connectivity index (χ0n) is 17.0. The van der Waals surface area contributed by atoms with Gasteiger partial charge in [-0.3, -0.25) is 4.79 Å². The van der Waals surface area contributed by atoms with Gasteiger partial charge in [-0.2, -0.15) is 0 Å². The minimum Gasteiger partial charge on any atom is -0.295 e. The molecule has 0 aliphatic heterocycles. The summed E-state index contributed by atoms with van der Waals surface area (Å²) in [5.74, 6) is -1.71. The highest BCUT2D eigenvalue weighted by Gasteiger charge is 2.01. The van der Waals surface area contributed by atoms with Gasteiger partial charge in [-0.05, 0) is 30.2 Å². The van der Waals surface area contributed by atoms with E-state index in [0.717, 1.165) is 25.0 Å². The summed E-state index contributed by atoms with van der Waals surface area (Å²) >= 11 is 0. The second kappa shape index (κ2) is 15.5. The summed E-state index contributed by atoms with van der Waals surface area (Å²) in [6.07, 6.45) is 20.2. The minimum absolute atomic E-state index is 0.0443. The van der Waals surface area contributed by atoms with Crippen molar-refractivity contribution in [3.63, 3.8) is 0 Å². The Kier molecular flexibility index (Phi) is 13.5. The molecule has 0 aromatic heterocycles. The number of carbonyl (C=O) groups is 1. The van der Waals surface area contributed by atoms with Crippen molar-refractivity contribution in [3.8, 4) is 0 Å². The molecule has 0 atom stereocenters. The zero-order valence-corrected chi connectivity index (χ0v) is 17.0. The maximum Gasteiger partial charge on any atom is 0.159 e. The van der Waals surface area contributed by atoms with E-state index in [1.807, 2.05) is 0 Å². The van der Waals surface area contributed by atoms with Crippen LogP contribution in [0.4, 0.5) is 8.78 Å². The summed E-state index contributed by atoms with van der Waals surface area (Å²) in [7, 11) is 0. The average molecular weight is 379 g/mol. The lowest BCUT2D eigenvalue weighted by atomic mass is 10.0. The maximum absolute atomic E-state index is 13.1. The number of benzene rings is 1. The molecule has 0 fully saturated rings. The number of allylic oxidation sites excluding steroid dienone is 1. The molecule has 0 saturated carbocycles. The summed E-state index contributed by atoms with van der Waals surface area (Å²) < 4.78 is 25.9. The molecule has 0 unspecified atom stereocenters. The molecule has 1 aromatic carbocycles. The number of unbranched alkanes of at least 4 members (excludes halogenated alkanes) is 12. The standard InChI is InChI=1S/C24H36F2O/c1-2-3-4-5-6-7-8-9-10-11-12-13-14-15-22(27)18-16-21-17-19-23(25)24(26)20-21/h16-20H,2-15H2,1H3/b18-16+. The molecule has 0 heterocycles. The molecule has 0 bridgehead atoms. The van der Waals surface area contributed by atoms with Crippen LogP contribution >= 0.6 is 0 Å². The summed E-state index contributed by atoms with van der Waals surface area (Å²) in [6.45, 7) is 2.25. The monoisotopic (exact) mass is 378 g/mol. The molecule has 27 heavy (non-hydrogen) atoms. The number of hydrogen-bond donors (Lipinski definition) is 0. The fraction of sp³-hybridized carbons (Fsp3) is 0.625. The molecule has 0 aliphatic carbocycles. The lowest BCUT2D eigenvalue weighted by Gasteiger charge is -2.02. The van der Waals surface area contributed by atoms with Crippen molar-refractivity contribution in [2.75, 3.05) is 0 Å². The van der Waals surface area contributed by atoms with Gasteiger partial charge in [0, 0.05) is 6.42 Å². The van der Waals surface area contributed by atoms with Gasteiger partial charge in [-0.25, -0.2) is 8.78 Å². The molecular weight excluding hydrogens is 342 g/mol. The van der Waals surface area contributed by atoms with E-state index < -0.39 is 11.6 Å². The van der Waals surface area contributed by atoms with Crippen molar-refractivity contribution in [1.29, 1.82) is 0 Å². The lowest BCUT2D eigenvalue weighted by Crippen LogP contribution is -1.92. The smallest absolute Gasteiger partial charge is 0.159 e. The van der Waals surface area contributed by atoms with E-state index in [-0.39, 0.29) is 5.78 Å². The molecular formula is C24H36F2O. The first-order valence-corrected chi connectivity index (χ1v) is 10.8. The Morgan fingerprint density at radius 2 is 1.30 bits per heavy atom. The fourth-order valence-corrected chi connectivity index (χ4v) is 3.21. The van der Waals surface area contributed by atoms with E-state index in [4.69, 9.17) is 0 Å². The molecule has 1 aromatic rings. The van der Waals surface area contributed by atoms with Crippen molar-refractivity contribution in [1.82, 2.24) is 0 Å². The number of carbonyl (C=O) groups excluding carboxylic acids is 1. The SMILES string of the molecule is CCCCCCCCCCCCCCCC(=O)/C=C/c1ccc(F)c(F)c1. The fourth-order valence-electron chi connectivity index (χ4n) is 3.21. The van der Waals surface area contributed by atoms with E-state index >= 15 is 0 Å². The molecule has 0 radical (unpaired) electrons. The predicted molar refractivity (Wildman–Crippen MR) is 111 cm³/mol. The molecule has 0 N–H and O–H groups in total. The van der Waals surface area contributed by atoms with E-state index in [1.54, 1.807) is 6.08 Å². The number of halogens is 2. The van der Waals surface area contributed by atoms with Crippen LogP contribution in [0.3, 0.4) is 0 Å². The van der Waals surface area contributed by atoms with Crippen molar-refractivity contribution < 1.29 is 13.6 Å². The van der Waals surface area contributed by atoms with Gasteiger partial charge >= 0.3 is 0 Å². The van der Waals surface area contributed by atoms with Gasteiger partial charge in [0.25, 0.3) is 0 Å². The Hall–Kier alpha value is -1.51. The summed E-state index contributed by atoms with van der Waals surface area (Å²) in [5.41, 5.74) is 0.507. The molecule has 152 valence electrons. The third-order valence-electron chi connectivity index (χ3n) is 4.93. The highest BCUT2D eigenvalue weighted by molar-refractivity contribution is 5.93. The van der Waals surface area contributed by atoms with Gasteiger partial charge in [0.2, 0.25) is 0 Å². The Morgan fingerprint density at radius 3 is 1.81 bits per heavy atom. The largest absolute Gasteiger partial charge is 0.295 e. The molecule has 0 saturated heterocycles. The Labute approximate surface area is 164 Å². The Morgan fingerprint density at radius 1 is 0.778 bits per heavy atom. The van der Waals surface area contributed by atoms with Crippen LogP contribution in [0.2, 0.25) is 0 Å². The first kappa shape index (κ1) is 23.5. The number of rotatable bonds is 16. The Balaban J connectivity index is 1.95. The van der Waals surface area contributed by atoms with Gasteiger partial charge < -0.3 is 0 Å². The van der Waals surface area contributed by atoms with Crippen molar-refractivity contribution >= 4 is 11.9 Å². The summed E-state index contributed by atoms with van der Waals surface area (Å²) in [4.78, 5) is 11.8. The van der Waals surface area contributed by atoms with Crippen LogP contribution < -0.4 is 0 Å². The average Bonchev–Trinajstić information content (AvgIpc) is 2.66. The van der Waals surface area contributed by atoms with Crippen LogP contribution in [-0.4, -0.2) is 5.78 Å². The summed E-state index contributed by atoms with van der Waals surface area (Å²) in [5, 5.41) is 0. The first-order valence-electron chi connectivity index (χ1n) is 10.8. The van der Waals surface area contributed by atoms with E-state index in [1.165, 1.54) is 82.8 Å². The molecule has 1 rings (SSSR count). The minimum atomic E-state index is -0.888. The van der Waals surface area contributed by atoms with Crippen molar-refractivity contribution in [3.05, 3.63) is 41.5 Å². The van der Waals surface area contributed by atoms with Gasteiger partial charge in [-0.1, -0.05) is 96.1 Å². The highest BCUT2D eigenvalue weighted by Crippen LogP contribution is 2.14. The number of hydrogen-bond acceptors (Lipinski definition) is 1. The first-order chi connectivity index (χ1) is 13.1. The third kappa shape index (κ3) is 12.5. The second-order valence-corrected chi connectivity index (χ2v) is 7.47. The van der Waals surface area contributed by atoms with Crippen LogP contribution in [0.25, 0.3) is 6.08 Å². The van der Waals surface area contributed by atoms with Crippen LogP contribution in [0.5, 0.6) is 0 Å². The van der Waals surface area contributed by atoms with Crippen LogP contribution in [0.15, 0.2) is 24.3 Å². The predicted octanol–water partition coefficient (Wildman–Crippen LogP) is 8.03. The van der Waals surface area contributed by atoms with Gasteiger partial charge in [0.15, 0.2) is 17.4 Å². The third-order valence-corrected chi connectivity index (χ3v) is 4.93. The molecule has 0 aliphatic rings. The van der Waals surface area contributed by atoms with Crippen LogP contribution in [0, 0.1) is 11.6 Å². The van der Waals surface area contributed by atoms with Crippen LogP contribution in [0.1, 0.15) is 102 Å². The van der Waals surface area contributed by atoms with E-state index in [9.17, 15) is 13.6 Å². The highest BCUT2D eigenvalue weighted by atomic mass is 19.2. The summed E-state index contributed by atoms with van der Waals surface area (Å²) in [6, 6.07) is 3.64. The van der Waals surface area contributed by atoms with E-state index in [0.29, 0.717) is 12.0 Å². The van der Waals surface area contributed by atoms with Crippen LogP contribution in [-0.2, 0) is 4.79 Å².